The largest absolute Gasteiger partial charge is 0.492 e. The maximum atomic E-state index is 9.64. The zero-order valence-electron chi connectivity index (χ0n) is 14.6. The van der Waals surface area contributed by atoms with E-state index in [0.29, 0.717) is 31.8 Å². The number of hydrogen-bond donors (Lipinski definition) is 1. The summed E-state index contributed by atoms with van der Waals surface area (Å²) in [6, 6.07) is 9.93. The van der Waals surface area contributed by atoms with E-state index in [0.717, 1.165) is 34.7 Å². The summed E-state index contributed by atoms with van der Waals surface area (Å²) in [5, 5.41) is 9.64. The van der Waals surface area contributed by atoms with Gasteiger partial charge >= 0.3 is 0 Å². The molecule has 0 saturated heterocycles. The van der Waals surface area contributed by atoms with Crippen molar-refractivity contribution in [2.75, 3.05) is 39.6 Å². The molecule has 0 spiro atoms. The van der Waals surface area contributed by atoms with Gasteiger partial charge in [0, 0.05) is 29.7 Å². The van der Waals surface area contributed by atoms with Gasteiger partial charge < -0.3 is 20.1 Å². The van der Waals surface area contributed by atoms with E-state index in [2.05, 4.69) is 16.0 Å². The Hall–Kier alpha value is -2.62. The number of nitrogen functional groups attached to an aromatic ring is 1. The molecule has 2 N–H and O–H groups in total. The molecule has 0 amide bonds. The first-order valence-electron chi connectivity index (χ1n) is 8.27. The van der Waals surface area contributed by atoms with Crippen molar-refractivity contribution in [1.82, 2.24) is 9.88 Å². The SMILES string of the molecule is CN(C)CCOc1ccccc1-c1c(C#N)c(N)nc2c1COCC2. The predicted octanol–water partition coefficient (Wildman–Crippen LogP) is 2.22. The van der Waals surface area contributed by atoms with Gasteiger partial charge in [0.1, 0.15) is 29.8 Å². The molecule has 1 aliphatic heterocycles. The molecule has 2 aromatic rings. The molecule has 0 unspecified atom stereocenters. The van der Waals surface area contributed by atoms with Crippen molar-refractivity contribution >= 4 is 5.82 Å². The molecule has 130 valence electrons. The van der Waals surface area contributed by atoms with Gasteiger partial charge in [-0.1, -0.05) is 18.2 Å². The lowest BCUT2D eigenvalue weighted by Crippen LogP contribution is -2.20. The number of para-hydroxylation sites is 1. The molecule has 1 aromatic carbocycles. The summed E-state index contributed by atoms with van der Waals surface area (Å²) in [6.07, 6.45) is 0.696. The fourth-order valence-corrected chi connectivity index (χ4v) is 2.94. The van der Waals surface area contributed by atoms with Gasteiger partial charge in [0.05, 0.1) is 18.9 Å². The van der Waals surface area contributed by atoms with Gasteiger partial charge in [-0.15, -0.1) is 0 Å². The first kappa shape index (κ1) is 17.2. The highest BCUT2D eigenvalue weighted by molar-refractivity contribution is 5.82. The summed E-state index contributed by atoms with van der Waals surface area (Å²) in [5.74, 6) is 1.00. The van der Waals surface area contributed by atoms with Gasteiger partial charge in [-0.3, -0.25) is 0 Å². The van der Waals surface area contributed by atoms with Gasteiger partial charge in [0.15, 0.2) is 0 Å². The molecule has 3 rings (SSSR count). The third-order valence-electron chi connectivity index (χ3n) is 4.21. The predicted molar refractivity (Wildman–Crippen MR) is 96.2 cm³/mol. The highest BCUT2D eigenvalue weighted by Crippen LogP contribution is 2.39. The van der Waals surface area contributed by atoms with E-state index in [9.17, 15) is 5.26 Å². The highest BCUT2D eigenvalue weighted by atomic mass is 16.5. The monoisotopic (exact) mass is 338 g/mol. The first-order chi connectivity index (χ1) is 12.1. The van der Waals surface area contributed by atoms with E-state index in [1.807, 2.05) is 38.4 Å². The van der Waals surface area contributed by atoms with E-state index in [-0.39, 0.29) is 5.82 Å². The van der Waals surface area contributed by atoms with Crippen LogP contribution >= 0.6 is 0 Å². The quantitative estimate of drug-likeness (QED) is 0.900. The second-order valence-electron chi connectivity index (χ2n) is 6.23. The van der Waals surface area contributed by atoms with Crippen molar-refractivity contribution in [3.8, 4) is 22.9 Å². The van der Waals surface area contributed by atoms with Crippen LogP contribution < -0.4 is 10.5 Å². The molecule has 1 aliphatic rings. The van der Waals surface area contributed by atoms with Crippen molar-refractivity contribution < 1.29 is 9.47 Å². The lowest BCUT2D eigenvalue weighted by atomic mass is 9.92. The number of nitrogens with zero attached hydrogens (tertiary/aromatic N) is 3. The molecular weight excluding hydrogens is 316 g/mol. The fraction of sp³-hybridized carbons (Fsp3) is 0.368. The fourth-order valence-electron chi connectivity index (χ4n) is 2.94. The van der Waals surface area contributed by atoms with Crippen molar-refractivity contribution in [2.45, 2.75) is 13.0 Å². The van der Waals surface area contributed by atoms with Gasteiger partial charge in [-0.2, -0.15) is 5.26 Å². The highest BCUT2D eigenvalue weighted by Gasteiger charge is 2.24. The third-order valence-corrected chi connectivity index (χ3v) is 4.21. The number of nitriles is 1. The molecule has 0 atom stereocenters. The molecule has 0 fully saturated rings. The number of benzene rings is 1. The maximum Gasteiger partial charge on any atom is 0.142 e. The van der Waals surface area contributed by atoms with Crippen molar-refractivity contribution in [2.24, 2.45) is 0 Å². The average Bonchev–Trinajstić information content (AvgIpc) is 2.61. The summed E-state index contributed by atoms with van der Waals surface area (Å²) < 4.78 is 11.6. The second-order valence-corrected chi connectivity index (χ2v) is 6.23. The van der Waals surface area contributed by atoms with E-state index >= 15 is 0 Å². The Morgan fingerprint density at radius 2 is 2.16 bits per heavy atom. The molecule has 1 aromatic heterocycles. The Morgan fingerprint density at radius 1 is 1.36 bits per heavy atom. The van der Waals surface area contributed by atoms with Crippen LogP contribution in [0.1, 0.15) is 16.8 Å². The zero-order chi connectivity index (χ0) is 17.8. The molecule has 25 heavy (non-hydrogen) atoms. The molecule has 0 radical (unpaired) electrons. The smallest absolute Gasteiger partial charge is 0.142 e. The number of aromatic nitrogens is 1. The van der Waals surface area contributed by atoms with Crippen LogP contribution in [0, 0.1) is 11.3 Å². The third kappa shape index (κ3) is 3.58. The topological polar surface area (TPSA) is 84.4 Å². The zero-order valence-corrected chi connectivity index (χ0v) is 14.6. The lowest BCUT2D eigenvalue weighted by molar-refractivity contribution is 0.109. The number of pyridine rings is 1. The van der Waals surface area contributed by atoms with Crippen molar-refractivity contribution in [1.29, 1.82) is 5.26 Å². The standard InChI is InChI=1S/C19H22N4O2/c1-23(2)8-10-25-17-6-4-3-5-13(17)18-14(11-20)19(21)22-16-7-9-24-12-15(16)18/h3-6H,7-10,12H2,1-2H3,(H2,21,22). The van der Waals surface area contributed by atoms with Gasteiger partial charge in [-0.25, -0.2) is 4.98 Å². The second kappa shape index (κ2) is 7.51. The number of likely N-dealkylation sites (N-methyl/N-ethyl adjacent to an activating group) is 1. The molecule has 0 saturated carbocycles. The van der Waals surface area contributed by atoms with Crippen molar-refractivity contribution in [3.63, 3.8) is 0 Å². The minimum absolute atomic E-state index is 0.265. The van der Waals surface area contributed by atoms with Crippen LogP contribution in [0.15, 0.2) is 24.3 Å². The van der Waals surface area contributed by atoms with Crippen LogP contribution in [-0.2, 0) is 17.8 Å². The molecule has 0 aliphatic carbocycles. The number of rotatable bonds is 5. The van der Waals surface area contributed by atoms with Gasteiger partial charge in [0.2, 0.25) is 0 Å². The normalized spacial score (nSPS) is 13.4. The average molecular weight is 338 g/mol. The van der Waals surface area contributed by atoms with Gasteiger partial charge in [0.25, 0.3) is 0 Å². The van der Waals surface area contributed by atoms with Crippen LogP contribution in [0.4, 0.5) is 5.82 Å². The molecule has 6 heteroatoms. The molecule has 2 heterocycles. The summed E-state index contributed by atoms with van der Waals surface area (Å²) in [5.41, 5.74) is 9.92. The summed E-state index contributed by atoms with van der Waals surface area (Å²) in [4.78, 5) is 6.47. The molecule has 0 bridgehead atoms. The Labute approximate surface area is 147 Å². The Morgan fingerprint density at radius 3 is 2.92 bits per heavy atom. The van der Waals surface area contributed by atoms with Gasteiger partial charge in [-0.05, 0) is 20.2 Å². The van der Waals surface area contributed by atoms with E-state index in [1.54, 1.807) is 0 Å². The minimum atomic E-state index is 0.265. The lowest BCUT2D eigenvalue weighted by Gasteiger charge is -2.22. The number of nitrogens with two attached hydrogens (primary N) is 1. The maximum absolute atomic E-state index is 9.64. The van der Waals surface area contributed by atoms with Crippen LogP contribution in [0.2, 0.25) is 0 Å². The van der Waals surface area contributed by atoms with E-state index < -0.39 is 0 Å². The Kier molecular flexibility index (Phi) is 5.17. The summed E-state index contributed by atoms with van der Waals surface area (Å²) >= 11 is 0. The molecular formula is C19H22N4O2. The van der Waals surface area contributed by atoms with Crippen LogP contribution in [-0.4, -0.2) is 43.7 Å². The minimum Gasteiger partial charge on any atom is -0.492 e. The van der Waals surface area contributed by atoms with Crippen LogP contribution in [0.3, 0.4) is 0 Å². The number of fused-ring (bicyclic) bond motifs is 1. The van der Waals surface area contributed by atoms with Crippen LogP contribution in [0.25, 0.3) is 11.1 Å². The molecule has 6 nitrogen and oxygen atoms in total. The van der Waals surface area contributed by atoms with E-state index in [1.165, 1.54) is 0 Å². The number of anilines is 1. The van der Waals surface area contributed by atoms with Crippen molar-refractivity contribution in [3.05, 3.63) is 41.1 Å². The Bertz CT molecular complexity index is 812. The Balaban J connectivity index is 2.10. The first-order valence-corrected chi connectivity index (χ1v) is 8.27. The summed E-state index contributed by atoms with van der Waals surface area (Å²) in [6.45, 7) is 2.41. The van der Waals surface area contributed by atoms with E-state index in [4.69, 9.17) is 15.2 Å². The van der Waals surface area contributed by atoms with Crippen LogP contribution in [0.5, 0.6) is 5.75 Å². The summed E-state index contributed by atoms with van der Waals surface area (Å²) in [7, 11) is 4.00. The number of hydrogen-bond acceptors (Lipinski definition) is 6. The number of ether oxygens (including phenoxy) is 2.